The van der Waals surface area contributed by atoms with E-state index in [0.717, 1.165) is 0 Å². The molecular formula is C11H18F3NO3. The maximum absolute atomic E-state index is 12.0. The van der Waals surface area contributed by atoms with Crippen LogP contribution in [0.2, 0.25) is 0 Å². The number of alkyl halides is 3. The third-order valence-electron chi connectivity index (χ3n) is 2.16. The molecule has 1 N–H and O–H groups in total. The molecule has 0 fully saturated rings. The van der Waals surface area contributed by atoms with Crippen molar-refractivity contribution in [3.8, 4) is 0 Å². The Morgan fingerprint density at radius 3 is 2.17 bits per heavy atom. The first-order valence-electron chi connectivity index (χ1n) is 5.68. The topological polar surface area (TPSA) is 57.6 Å². The Balaban J connectivity index is 4.35. The van der Waals surface area contributed by atoms with Gasteiger partial charge in [0, 0.05) is 19.5 Å². The molecule has 0 aromatic rings. The van der Waals surface area contributed by atoms with Crippen molar-refractivity contribution in [3.63, 3.8) is 0 Å². The highest BCUT2D eigenvalue weighted by atomic mass is 19.4. The van der Waals surface area contributed by atoms with E-state index in [1.807, 2.05) is 13.8 Å². The molecule has 18 heavy (non-hydrogen) atoms. The van der Waals surface area contributed by atoms with E-state index in [9.17, 15) is 22.8 Å². The number of carboxylic acids is 1. The fourth-order valence-corrected chi connectivity index (χ4v) is 1.40. The lowest BCUT2D eigenvalue weighted by molar-refractivity contribution is -0.150. The Morgan fingerprint density at radius 2 is 1.78 bits per heavy atom. The van der Waals surface area contributed by atoms with Gasteiger partial charge in [0.1, 0.15) is 0 Å². The molecule has 7 heteroatoms. The van der Waals surface area contributed by atoms with E-state index >= 15 is 0 Å². The Bertz CT molecular complexity index is 290. The second kappa shape index (κ2) is 7.23. The summed E-state index contributed by atoms with van der Waals surface area (Å²) in [7, 11) is 0. The molecule has 0 aromatic carbocycles. The predicted octanol–water partition coefficient (Wildman–Crippen LogP) is 2.29. The fourth-order valence-electron chi connectivity index (χ4n) is 1.40. The van der Waals surface area contributed by atoms with Crippen molar-refractivity contribution in [2.24, 2.45) is 5.92 Å². The normalized spacial score (nSPS) is 11.7. The van der Waals surface area contributed by atoms with Crippen LogP contribution in [-0.2, 0) is 9.59 Å². The Morgan fingerprint density at radius 1 is 1.22 bits per heavy atom. The SMILES string of the molecule is CC(C)CN(CCC(=O)O)C(=O)CCC(F)(F)F. The highest BCUT2D eigenvalue weighted by Crippen LogP contribution is 2.22. The molecule has 0 aliphatic heterocycles. The molecule has 0 aliphatic rings. The first kappa shape index (κ1) is 16.7. The molecule has 0 aliphatic carbocycles. The number of amides is 1. The van der Waals surface area contributed by atoms with Crippen LogP contribution in [0.4, 0.5) is 13.2 Å². The van der Waals surface area contributed by atoms with Crippen molar-refractivity contribution in [3.05, 3.63) is 0 Å². The van der Waals surface area contributed by atoms with Crippen molar-refractivity contribution >= 4 is 11.9 Å². The van der Waals surface area contributed by atoms with Crippen LogP contribution in [0.15, 0.2) is 0 Å². The monoisotopic (exact) mass is 269 g/mol. The van der Waals surface area contributed by atoms with Gasteiger partial charge in [0.05, 0.1) is 12.8 Å². The first-order valence-corrected chi connectivity index (χ1v) is 5.68. The van der Waals surface area contributed by atoms with Gasteiger partial charge in [-0.15, -0.1) is 0 Å². The highest BCUT2D eigenvalue weighted by molar-refractivity contribution is 5.77. The van der Waals surface area contributed by atoms with Crippen molar-refractivity contribution in [2.45, 2.75) is 39.3 Å². The van der Waals surface area contributed by atoms with E-state index in [-0.39, 0.29) is 25.4 Å². The standard InChI is InChI=1S/C11H18F3NO3/c1-8(2)7-15(6-4-10(17)18)9(16)3-5-11(12,13)14/h8H,3-7H2,1-2H3,(H,17,18). The summed E-state index contributed by atoms with van der Waals surface area (Å²) in [5.41, 5.74) is 0. The molecule has 4 nitrogen and oxygen atoms in total. The molecule has 0 atom stereocenters. The lowest BCUT2D eigenvalue weighted by Gasteiger charge is -2.24. The number of carbonyl (C=O) groups is 2. The summed E-state index contributed by atoms with van der Waals surface area (Å²) >= 11 is 0. The minimum absolute atomic E-state index is 0.0514. The zero-order valence-electron chi connectivity index (χ0n) is 10.5. The van der Waals surface area contributed by atoms with Crippen molar-refractivity contribution < 1.29 is 27.9 Å². The molecule has 0 spiro atoms. The van der Waals surface area contributed by atoms with Gasteiger partial charge >= 0.3 is 12.1 Å². The lowest BCUT2D eigenvalue weighted by Crippen LogP contribution is -2.36. The molecule has 0 saturated heterocycles. The van der Waals surface area contributed by atoms with E-state index in [2.05, 4.69) is 0 Å². The van der Waals surface area contributed by atoms with Gasteiger partial charge in [-0.05, 0) is 5.92 Å². The Labute approximate surface area is 104 Å². The lowest BCUT2D eigenvalue weighted by atomic mass is 10.1. The van der Waals surface area contributed by atoms with E-state index in [0.29, 0.717) is 0 Å². The van der Waals surface area contributed by atoms with Gasteiger partial charge in [-0.25, -0.2) is 0 Å². The third-order valence-corrected chi connectivity index (χ3v) is 2.16. The van der Waals surface area contributed by atoms with Gasteiger partial charge in [0.2, 0.25) is 5.91 Å². The molecule has 0 unspecified atom stereocenters. The zero-order chi connectivity index (χ0) is 14.3. The summed E-state index contributed by atoms with van der Waals surface area (Å²) < 4.78 is 36.0. The van der Waals surface area contributed by atoms with Crippen LogP contribution in [0, 0.1) is 5.92 Å². The van der Waals surface area contributed by atoms with Crippen LogP contribution in [0.25, 0.3) is 0 Å². The second-order valence-corrected chi connectivity index (χ2v) is 4.49. The molecule has 0 rings (SSSR count). The van der Waals surface area contributed by atoms with Crippen LogP contribution in [-0.4, -0.2) is 41.1 Å². The van der Waals surface area contributed by atoms with Crippen LogP contribution in [0.1, 0.15) is 33.1 Å². The van der Waals surface area contributed by atoms with Gasteiger partial charge in [0.25, 0.3) is 0 Å². The van der Waals surface area contributed by atoms with Gasteiger partial charge in [-0.1, -0.05) is 13.8 Å². The Kier molecular flexibility index (Phi) is 6.72. The van der Waals surface area contributed by atoms with Gasteiger partial charge in [-0.3, -0.25) is 9.59 Å². The smallest absolute Gasteiger partial charge is 0.389 e. The number of hydrogen-bond acceptors (Lipinski definition) is 2. The average Bonchev–Trinajstić information content (AvgIpc) is 2.19. The molecular weight excluding hydrogens is 251 g/mol. The van der Waals surface area contributed by atoms with Gasteiger partial charge < -0.3 is 10.0 Å². The van der Waals surface area contributed by atoms with Crippen molar-refractivity contribution in [2.75, 3.05) is 13.1 Å². The summed E-state index contributed by atoms with van der Waals surface area (Å²) in [5, 5.41) is 8.52. The number of halogens is 3. The van der Waals surface area contributed by atoms with Crippen LogP contribution in [0.5, 0.6) is 0 Å². The third kappa shape index (κ3) is 8.83. The summed E-state index contributed by atoms with van der Waals surface area (Å²) in [6.45, 7) is 3.84. The van der Waals surface area contributed by atoms with Crippen LogP contribution in [0.3, 0.4) is 0 Å². The van der Waals surface area contributed by atoms with Crippen molar-refractivity contribution in [1.29, 1.82) is 0 Å². The van der Waals surface area contributed by atoms with E-state index in [1.165, 1.54) is 4.90 Å². The summed E-state index contributed by atoms with van der Waals surface area (Å²) in [4.78, 5) is 23.2. The number of nitrogens with zero attached hydrogens (tertiary/aromatic N) is 1. The predicted molar refractivity (Wildman–Crippen MR) is 59.0 cm³/mol. The number of carboxylic acid groups (broad SMARTS) is 1. The largest absolute Gasteiger partial charge is 0.481 e. The van der Waals surface area contributed by atoms with Gasteiger partial charge in [0.15, 0.2) is 0 Å². The molecule has 1 amide bonds. The number of carbonyl (C=O) groups excluding carboxylic acids is 1. The zero-order valence-corrected chi connectivity index (χ0v) is 10.5. The second-order valence-electron chi connectivity index (χ2n) is 4.49. The maximum Gasteiger partial charge on any atom is 0.389 e. The molecule has 0 saturated carbocycles. The van der Waals surface area contributed by atoms with E-state index in [4.69, 9.17) is 5.11 Å². The minimum Gasteiger partial charge on any atom is -0.481 e. The van der Waals surface area contributed by atoms with E-state index < -0.39 is 30.9 Å². The fraction of sp³-hybridized carbons (Fsp3) is 0.818. The summed E-state index contributed by atoms with van der Waals surface area (Å²) in [6, 6.07) is 0. The molecule has 106 valence electrons. The molecule has 0 aromatic heterocycles. The molecule has 0 bridgehead atoms. The quantitative estimate of drug-likeness (QED) is 0.771. The Hall–Kier alpha value is -1.27. The van der Waals surface area contributed by atoms with E-state index in [1.54, 1.807) is 0 Å². The molecule has 0 heterocycles. The number of aliphatic carboxylic acids is 1. The van der Waals surface area contributed by atoms with Gasteiger partial charge in [-0.2, -0.15) is 13.2 Å². The average molecular weight is 269 g/mol. The number of hydrogen-bond donors (Lipinski definition) is 1. The minimum atomic E-state index is -4.37. The van der Waals surface area contributed by atoms with Crippen molar-refractivity contribution in [1.82, 2.24) is 4.90 Å². The molecule has 0 radical (unpaired) electrons. The first-order chi connectivity index (χ1) is 8.11. The highest BCUT2D eigenvalue weighted by Gasteiger charge is 2.29. The summed E-state index contributed by atoms with van der Waals surface area (Å²) in [6.07, 6.45) is -6.43. The summed E-state index contributed by atoms with van der Waals surface area (Å²) in [5.74, 6) is -1.65. The maximum atomic E-state index is 12.0. The van der Waals surface area contributed by atoms with Crippen LogP contribution < -0.4 is 0 Å². The number of rotatable bonds is 7. The van der Waals surface area contributed by atoms with Crippen LogP contribution >= 0.6 is 0 Å².